The van der Waals surface area contributed by atoms with Crippen molar-refractivity contribution in [1.82, 2.24) is 10.2 Å². The van der Waals surface area contributed by atoms with Crippen molar-refractivity contribution in [2.45, 2.75) is 6.23 Å². The molecule has 11 heavy (non-hydrogen) atoms. The Hall–Kier alpha value is -1.10. The molecule has 5 heteroatoms. The average Bonchev–Trinajstić information content (AvgIpc) is 1.96. The zero-order valence-electron chi connectivity index (χ0n) is 6.46. The van der Waals surface area contributed by atoms with Crippen molar-refractivity contribution in [3.63, 3.8) is 0 Å². The molecule has 0 aromatic rings. The first-order valence-corrected chi connectivity index (χ1v) is 3.22. The largest absolute Gasteiger partial charge is 0.353 e. The number of likely N-dealkylation sites (N-methyl/N-ethyl adjacent to an activating group) is 1. The first kappa shape index (κ1) is 8.00. The van der Waals surface area contributed by atoms with Gasteiger partial charge in [-0.2, -0.15) is 0 Å². The van der Waals surface area contributed by atoms with Gasteiger partial charge in [-0.05, 0) is 0 Å². The fourth-order valence-corrected chi connectivity index (χ4v) is 0.907. The molecular formula is C6H10N2O3. The molecule has 1 rings (SSSR count). The van der Waals surface area contributed by atoms with E-state index in [2.05, 4.69) is 5.32 Å². The molecule has 0 bridgehead atoms. The fraction of sp³-hybridized carbons (Fsp3) is 0.667. The first-order valence-electron chi connectivity index (χ1n) is 3.22. The van der Waals surface area contributed by atoms with Crippen LogP contribution >= 0.6 is 0 Å². The summed E-state index contributed by atoms with van der Waals surface area (Å²) in [6, 6.07) is 0. The van der Waals surface area contributed by atoms with E-state index in [1.54, 1.807) is 7.05 Å². The maximum absolute atomic E-state index is 11.1. The Bertz CT molecular complexity index is 192. The molecule has 1 aliphatic rings. The van der Waals surface area contributed by atoms with Gasteiger partial charge in [0, 0.05) is 14.2 Å². The third kappa shape index (κ3) is 1.48. The predicted molar refractivity (Wildman–Crippen MR) is 36.6 cm³/mol. The molecule has 1 saturated heterocycles. The standard InChI is InChI=1S/C6H10N2O3/c1-8-3-4(9)7-5(11-2)6(8)10/h5H,3H2,1-2H3,(H,7,9). The van der Waals surface area contributed by atoms with Crippen molar-refractivity contribution in [3.8, 4) is 0 Å². The number of carbonyl (C=O) groups excluding carboxylic acids is 2. The number of hydrogen-bond acceptors (Lipinski definition) is 3. The number of nitrogens with zero attached hydrogens (tertiary/aromatic N) is 1. The molecule has 1 heterocycles. The minimum absolute atomic E-state index is 0.110. The van der Waals surface area contributed by atoms with Crippen molar-refractivity contribution in [1.29, 1.82) is 0 Å². The van der Waals surface area contributed by atoms with E-state index < -0.39 is 6.23 Å². The summed E-state index contributed by atoms with van der Waals surface area (Å²) in [5, 5.41) is 2.39. The lowest BCUT2D eigenvalue weighted by atomic mass is 10.3. The first-order chi connectivity index (χ1) is 5.15. The molecule has 1 fully saturated rings. The normalized spacial score (nSPS) is 25.3. The van der Waals surface area contributed by atoms with Gasteiger partial charge in [-0.25, -0.2) is 0 Å². The van der Waals surface area contributed by atoms with E-state index in [1.165, 1.54) is 12.0 Å². The molecular weight excluding hydrogens is 148 g/mol. The topological polar surface area (TPSA) is 58.6 Å². The summed E-state index contributed by atoms with van der Waals surface area (Å²) in [5.41, 5.74) is 0. The minimum atomic E-state index is -0.804. The second-order valence-corrected chi connectivity index (χ2v) is 2.38. The van der Waals surface area contributed by atoms with Crippen LogP contribution in [0.4, 0.5) is 0 Å². The van der Waals surface area contributed by atoms with Crippen molar-refractivity contribution in [2.75, 3.05) is 20.7 Å². The molecule has 2 amide bonds. The van der Waals surface area contributed by atoms with Gasteiger partial charge in [0.2, 0.25) is 12.1 Å². The number of carbonyl (C=O) groups is 2. The number of ether oxygens (including phenoxy) is 1. The van der Waals surface area contributed by atoms with Gasteiger partial charge in [-0.1, -0.05) is 0 Å². The van der Waals surface area contributed by atoms with Crippen molar-refractivity contribution < 1.29 is 14.3 Å². The van der Waals surface area contributed by atoms with Crippen LogP contribution in [0.15, 0.2) is 0 Å². The third-order valence-corrected chi connectivity index (χ3v) is 1.51. The monoisotopic (exact) mass is 158 g/mol. The molecule has 62 valence electrons. The fourth-order valence-electron chi connectivity index (χ4n) is 0.907. The van der Waals surface area contributed by atoms with E-state index in [-0.39, 0.29) is 18.4 Å². The molecule has 0 saturated carbocycles. The Morgan fingerprint density at radius 3 is 2.82 bits per heavy atom. The number of methoxy groups -OCH3 is 1. The van der Waals surface area contributed by atoms with E-state index in [9.17, 15) is 9.59 Å². The summed E-state index contributed by atoms with van der Waals surface area (Å²) in [4.78, 5) is 23.2. The summed E-state index contributed by atoms with van der Waals surface area (Å²) in [5.74, 6) is -0.411. The van der Waals surface area contributed by atoms with Gasteiger partial charge in [0.25, 0.3) is 5.91 Å². The van der Waals surface area contributed by atoms with Crippen LogP contribution in [0.5, 0.6) is 0 Å². The van der Waals surface area contributed by atoms with Gasteiger partial charge >= 0.3 is 0 Å². The minimum Gasteiger partial charge on any atom is -0.353 e. The Morgan fingerprint density at radius 1 is 1.64 bits per heavy atom. The molecule has 0 spiro atoms. The highest BCUT2D eigenvalue weighted by atomic mass is 16.5. The molecule has 1 N–H and O–H groups in total. The van der Waals surface area contributed by atoms with E-state index in [1.807, 2.05) is 0 Å². The third-order valence-electron chi connectivity index (χ3n) is 1.51. The summed E-state index contributed by atoms with van der Waals surface area (Å²) in [6.07, 6.45) is -0.804. The lowest BCUT2D eigenvalue weighted by Gasteiger charge is -2.28. The molecule has 1 unspecified atom stereocenters. The van der Waals surface area contributed by atoms with E-state index >= 15 is 0 Å². The maximum Gasteiger partial charge on any atom is 0.272 e. The van der Waals surface area contributed by atoms with Crippen LogP contribution in [0, 0.1) is 0 Å². The number of piperazine rings is 1. The quantitative estimate of drug-likeness (QED) is 0.507. The SMILES string of the molecule is COC1NC(=O)CN(C)C1=O. The number of hydrogen-bond donors (Lipinski definition) is 1. The highest BCUT2D eigenvalue weighted by molar-refractivity contribution is 5.93. The molecule has 1 aliphatic heterocycles. The molecule has 1 atom stereocenters. The van der Waals surface area contributed by atoms with Gasteiger partial charge in [-0.15, -0.1) is 0 Å². The smallest absolute Gasteiger partial charge is 0.272 e. The van der Waals surface area contributed by atoms with Gasteiger partial charge in [-0.3, -0.25) is 9.59 Å². The van der Waals surface area contributed by atoms with E-state index in [0.29, 0.717) is 0 Å². The van der Waals surface area contributed by atoms with Crippen LogP contribution in [0.2, 0.25) is 0 Å². The summed E-state index contributed by atoms with van der Waals surface area (Å²) >= 11 is 0. The van der Waals surface area contributed by atoms with Crippen molar-refractivity contribution in [3.05, 3.63) is 0 Å². The van der Waals surface area contributed by atoms with Gasteiger partial charge in [0.15, 0.2) is 0 Å². The van der Waals surface area contributed by atoms with E-state index in [0.717, 1.165) is 0 Å². The van der Waals surface area contributed by atoms with Crippen LogP contribution in [0.3, 0.4) is 0 Å². The number of rotatable bonds is 1. The van der Waals surface area contributed by atoms with Gasteiger partial charge in [0.1, 0.15) is 0 Å². The molecule has 0 radical (unpaired) electrons. The van der Waals surface area contributed by atoms with Crippen molar-refractivity contribution in [2.24, 2.45) is 0 Å². The zero-order chi connectivity index (χ0) is 8.43. The van der Waals surface area contributed by atoms with Crippen LogP contribution in [0.1, 0.15) is 0 Å². The Kier molecular flexibility index (Phi) is 2.09. The van der Waals surface area contributed by atoms with E-state index in [4.69, 9.17) is 4.74 Å². The van der Waals surface area contributed by atoms with Gasteiger partial charge < -0.3 is 15.0 Å². The van der Waals surface area contributed by atoms with Gasteiger partial charge in [0.05, 0.1) is 6.54 Å². The Labute approximate surface area is 64.3 Å². The highest BCUT2D eigenvalue weighted by Gasteiger charge is 2.29. The lowest BCUT2D eigenvalue weighted by Crippen LogP contribution is -2.57. The average molecular weight is 158 g/mol. The predicted octanol–water partition coefficient (Wildman–Crippen LogP) is -1.45. The summed E-state index contributed by atoms with van der Waals surface area (Å²) in [7, 11) is 2.94. The Balaban J connectivity index is 2.66. The van der Waals surface area contributed by atoms with Crippen LogP contribution in [0.25, 0.3) is 0 Å². The van der Waals surface area contributed by atoms with Crippen molar-refractivity contribution >= 4 is 11.8 Å². The Morgan fingerprint density at radius 2 is 2.27 bits per heavy atom. The summed E-state index contributed by atoms with van der Waals surface area (Å²) < 4.78 is 4.72. The molecule has 0 aromatic heterocycles. The zero-order valence-corrected chi connectivity index (χ0v) is 6.46. The second-order valence-electron chi connectivity index (χ2n) is 2.38. The lowest BCUT2D eigenvalue weighted by molar-refractivity contribution is -0.154. The molecule has 0 aromatic carbocycles. The summed E-state index contributed by atoms with van der Waals surface area (Å²) in [6.45, 7) is 0.110. The maximum atomic E-state index is 11.1. The number of amides is 2. The van der Waals surface area contributed by atoms with Crippen LogP contribution in [-0.2, 0) is 14.3 Å². The molecule has 5 nitrogen and oxygen atoms in total. The van der Waals surface area contributed by atoms with Crippen LogP contribution in [-0.4, -0.2) is 43.6 Å². The number of nitrogens with one attached hydrogen (secondary N) is 1. The molecule has 0 aliphatic carbocycles. The highest BCUT2D eigenvalue weighted by Crippen LogP contribution is 1.98. The second kappa shape index (κ2) is 2.87. The van der Waals surface area contributed by atoms with Crippen LogP contribution < -0.4 is 5.32 Å².